The van der Waals surface area contributed by atoms with Gasteiger partial charge in [-0.2, -0.15) is 0 Å². The van der Waals surface area contributed by atoms with E-state index in [2.05, 4.69) is 113 Å². The topological polar surface area (TPSA) is 51.6 Å². The molecule has 0 amide bonds. The third-order valence-corrected chi connectivity index (χ3v) is 12.8. The van der Waals surface area contributed by atoms with E-state index in [0.29, 0.717) is 0 Å². The van der Waals surface area contributed by atoms with Gasteiger partial charge in [0, 0.05) is 0 Å². The molecule has 4 nitrogen and oxygen atoms in total. The molecule has 4 aromatic rings. The molecule has 0 atom stereocenters. The second-order valence-corrected chi connectivity index (χ2v) is 22.1. The fourth-order valence-corrected chi connectivity index (χ4v) is 11.6. The van der Waals surface area contributed by atoms with Gasteiger partial charge >= 0.3 is 277 Å². The van der Waals surface area contributed by atoms with Gasteiger partial charge in [0.15, 0.2) is 0 Å². The molecule has 0 spiro atoms. The molecular weight excluding hydrogens is 769 g/mol. The van der Waals surface area contributed by atoms with Crippen molar-refractivity contribution in [3.05, 3.63) is 43.3 Å². The monoisotopic (exact) mass is 808 g/mol. The first-order chi connectivity index (χ1) is 18.8. The second kappa shape index (κ2) is 11.9. The van der Waals surface area contributed by atoms with Crippen LogP contribution in [0, 0.1) is 18.7 Å². The van der Waals surface area contributed by atoms with Crippen molar-refractivity contribution in [3.63, 3.8) is 0 Å². The van der Waals surface area contributed by atoms with Crippen LogP contribution < -0.4 is 0 Å². The average molecular weight is 808 g/mol. The Hall–Kier alpha value is -1.42. The number of aromatic nitrogens is 4. The van der Waals surface area contributed by atoms with Gasteiger partial charge in [-0.3, -0.25) is 0 Å². The zero-order chi connectivity index (χ0) is 30.4. The first-order valence-electron chi connectivity index (χ1n) is 13.8. The quantitative estimate of drug-likeness (QED) is 0.150. The van der Waals surface area contributed by atoms with Gasteiger partial charge in [0.25, 0.3) is 0 Å². The predicted molar refractivity (Wildman–Crippen MR) is 175 cm³/mol. The first kappa shape index (κ1) is 32.5. The van der Waals surface area contributed by atoms with Crippen molar-refractivity contribution in [2.45, 2.75) is 105 Å². The maximum atomic E-state index is 5.02. The molecule has 0 radical (unpaired) electrons. The van der Waals surface area contributed by atoms with E-state index in [4.69, 9.17) is 19.9 Å². The van der Waals surface area contributed by atoms with E-state index in [1.807, 2.05) is 0 Å². The normalized spacial score (nSPS) is 12.4. The predicted octanol–water partition coefficient (Wildman–Crippen LogP) is 9.44. The summed E-state index contributed by atoms with van der Waals surface area (Å²) < 4.78 is 7.04. The zero-order valence-electron chi connectivity index (χ0n) is 26.3. The number of nitrogens with zero attached hydrogens (tertiary/aromatic N) is 4. The van der Waals surface area contributed by atoms with Gasteiger partial charge in [-0.15, -0.1) is 0 Å². The molecule has 0 aliphatic rings. The van der Waals surface area contributed by atoms with E-state index in [9.17, 15) is 0 Å². The molecule has 9 heteroatoms. The summed E-state index contributed by atoms with van der Waals surface area (Å²) in [6, 6.07) is 0. The summed E-state index contributed by atoms with van der Waals surface area (Å²) in [4.78, 5) is 21.9. The number of hydrogen-bond donors (Lipinski definition) is 0. The van der Waals surface area contributed by atoms with Crippen molar-refractivity contribution in [2.75, 3.05) is 0 Å². The third kappa shape index (κ3) is 7.95. The van der Waals surface area contributed by atoms with Gasteiger partial charge in [0.1, 0.15) is 0 Å². The molecule has 212 valence electrons. The minimum atomic E-state index is -1.76. The van der Waals surface area contributed by atoms with Gasteiger partial charge < -0.3 is 0 Å². The fraction of sp³-hybridized carbons (Fsp3) is 0.500. The van der Waals surface area contributed by atoms with Crippen molar-refractivity contribution in [3.8, 4) is 38.7 Å². The first-order valence-corrected chi connectivity index (χ1v) is 22.7. The standard InChI is InChI=1S/2C16H19N2S2.Hg/c2*1-8-10-12(16(5,6)7)18-14(20-10)13-17-11(9-19-13)15(2,3)4;/h2*9H,2-7H3;. The molecule has 4 aromatic heterocycles. The summed E-state index contributed by atoms with van der Waals surface area (Å²) in [7, 11) is 0. The molecule has 0 unspecified atom stereocenters. The van der Waals surface area contributed by atoms with Crippen LogP contribution in [0.2, 0.25) is 0 Å². The van der Waals surface area contributed by atoms with Crippen LogP contribution in [-0.4, -0.2) is 19.9 Å². The summed E-state index contributed by atoms with van der Waals surface area (Å²) in [5, 5.41) is 8.19. The summed E-state index contributed by atoms with van der Waals surface area (Å²) in [6.07, 6.45) is 0. The second-order valence-electron chi connectivity index (χ2n) is 14.2. The third-order valence-electron chi connectivity index (χ3n) is 6.17. The summed E-state index contributed by atoms with van der Waals surface area (Å²) in [5.41, 5.74) is 4.19. The number of rotatable bonds is 2. The summed E-state index contributed by atoms with van der Waals surface area (Å²) in [5.74, 6) is 6.97. The Balaban J connectivity index is 1.60. The van der Waals surface area contributed by atoms with Crippen LogP contribution in [-0.2, 0) is 46.2 Å². The van der Waals surface area contributed by atoms with Gasteiger partial charge in [-0.25, -0.2) is 0 Å². The molecule has 0 aromatic carbocycles. The number of thiazole rings is 4. The molecule has 0 aliphatic heterocycles. The van der Waals surface area contributed by atoms with Crippen molar-refractivity contribution in [1.29, 1.82) is 0 Å². The van der Waals surface area contributed by atoms with Crippen LogP contribution in [0.25, 0.3) is 20.0 Å². The number of hydrogen-bond acceptors (Lipinski definition) is 8. The van der Waals surface area contributed by atoms with Crippen molar-refractivity contribution in [1.82, 2.24) is 19.9 Å². The Kier molecular flexibility index (Phi) is 9.45. The van der Waals surface area contributed by atoms with E-state index < -0.39 is 24.6 Å². The molecule has 0 saturated heterocycles. The van der Waals surface area contributed by atoms with Crippen LogP contribution in [0.1, 0.15) is 116 Å². The van der Waals surface area contributed by atoms with Crippen molar-refractivity contribution >= 4 is 45.3 Å². The molecule has 4 heterocycles. The molecule has 0 bridgehead atoms. The summed E-state index contributed by atoms with van der Waals surface area (Å²) >= 11 is 4.91. The Morgan fingerprint density at radius 2 is 0.878 bits per heavy atom. The Bertz CT molecular complexity index is 1540. The van der Waals surface area contributed by atoms with Crippen LogP contribution in [0.4, 0.5) is 0 Å². The van der Waals surface area contributed by atoms with E-state index in [1.54, 1.807) is 45.3 Å². The molecule has 0 N–H and O–H groups in total. The zero-order valence-corrected chi connectivity index (χ0v) is 35.0. The maximum absolute atomic E-state index is 5.02. The Morgan fingerprint density at radius 3 is 1.17 bits per heavy atom. The van der Waals surface area contributed by atoms with Crippen LogP contribution in [0.5, 0.6) is 0 Å². The average Bonchev–Trinajstić information content (AvgIpc) is 3.61. The summed E-state index contributed by atoms with van der Waals surface area (Å²) in [6.45, 7) is 26.4. The van der Waals surface area contributed by atoms with E-state index in [-0.39, 0.29) is 21.7 Å². The molecule has 4 rings (SSSR count). The molecule has 0 aliphatic carbocycles. The molecular formula is C32H38HgN4S4. The van der Waals surface area contributed by atoms with Gasteiger partial charge in [-0.05, 0) is 0 Å². The van der Waals surface area contributed by atoms with Crippen molar-refractivity contribution < 1.29 is 24.6 Å². The van der Waals surface area contributed by atoms with E-state index in [0.717, 1.165) is 52.6 Å². The molecule has 0 fully saturated rings. The van der Waals surface area contributed by atoms with Gasteiger partial charge in [-0.1, -0.05) is 0 Å². The Morgan fingerprint density at radius 1 is 0.512 bits per heavy atom. The van der Waals surface area contributed by atoms with Gasteiger partial charge in [0.05, 0.1) is 0 Å². The molecule has 41 heavy (non-hydrogen) atoms. The van der Waals surface area contributed by atoms with E-state index >= 15 is 0 Å². The van der Waals surface area contributed by atoms with Crippen molar-refractivity contribution in [2.24, 2.45) is 0 Å². The fourth-order valence-electron chi connectivity index (χ4n) is 3.74. The SMILES string of the molecule is CC(C)(C)c1csc(-c2nc(C(C)(C)C)c(C#[C][Hg][C]#Cc3sc(-c4nc(C(C)(C)C)cs4)nc3C(C)(C)C)s2)n1. The van der Waals surface area contributed by atoms with Gasteiger partial charge in [0.2, 0.25) is 0 Å². The molecule has 0 saturated carbocycles. The van der Waals surface area contributed by atoms with Crippen LogP contribution in [0.15, 0.2) is 10.8 Å². The van der Waals surface area contributed by atoms with Crippen LogP contribution >= 0.6 is 45.3 Å². The minimum absolute atomic E-state index is 0.0243. The Labute approximate surface area is 274 Å². The van der Waals surface area contributed by atoms with E-state index in [1.165, 1.54) is 0 Å². The van der Waals surface area contributed by atoms with Crippen LogP contribution in [0.3, 0.4) is 0 Å².